The van der Waals surface area contributed by atoms with Gasteiger partial charge in [-0.2, -0.15) is 0 Å². The SMILES string of the molecule is C=CC(C)(Cc1ccccc1F)C(=O)O. The van der Waals surface area contributed by atoms with Gasteiger partial charge in [0, 0.05) is 0 Å². The van der Waals surface area contributed by atoms with Crippen molar-refractivity contribution < 1.29 is 14.3 Å². The Balaban J connectivity index is 2.99. The summed E-state index contributed by atoms with van der Waals surface area (Å²) in [5, 5.41) is 8.99. The molecule has 0 heterocycles. The second-order valence-corrected chi connectivity index (χ2v) is 3.69. The van der Waals surface area contributed by atoms with E-state index in [0.29, 0.717) is 5.56 Å². The molecule has 0 amide bonds. The quantitative estimate of drug-likeness (QED) is 0.772. The van der Waals surface area contributed by atoms with Gasteiger partial charge in [-0.25, -0.2) is 4.39 Å². The standard InChI is InChI=1S/C12H13FO2/c1-3-12(2,11(14)15)8-9-6-4-5-7-10(9)13/h3-7H,1,8H2,2H3,(H,14,15). The maximum absolute atomic E-state index is 13.3. The van der Waals surface area contributed by atoms with Gasteiger partial charge in [0.05, 0.1) is 5.41 Å². The number of carboxylic acids is 1. The number of hydrogen-bond acceptors (Lipinski definition) is 1. The molecule has 0 fully saturated rings. The second-order valence-electron chi connectivity index (χ2n) is 3.69. The molecule has 0 aromatic heterocycles. The van der Waals surface area contributed by atoms with Gasteiger partial charge in [0.2, 0.25) is 0 Å². The van der Waals surface area contributed by atoms with E-state index in [4.69, 9.17) is 5.11 Å². The Morgan fingerprint density at radius 2 is 2.20 bits per heavy atom. The summed E-state index contributed by atoms with van der Waals surface area (Å²) in [5.74, 6) is -1.38. The first kappa shape index (κ1) is 11.4. The Morgan fingerprint density at radius 3 is 2.67 bits per heavy atom. The molecule has 3 heteroatoms. The molecule has 1 unspecified atom stereocenters. The fourth-order valence-corrected chi connectivity index (χ4v) is 1.27. The minimum Gasteiger partial charge on any atom is -0.481 e. The summed E-state index contributed by atoms with van der Waals surface area (Å²) in [6.07, 6.45) is 1.44. The molecular formula is C12H13FO2. The summed E-state index contributed by atoms with van der Waals surface area (Å²) in [6, 6.07) is 6.16. The summed E-state index contributed by atoms with van der Waals surface area (Å²) >= 11 is 0. The number of halogens is 1. The summed E-state index contributed by atoms with van der Waals surface area (Å²) in [6.45, 7) is 5.00. The van der Waals surface area contributed by atoms with Gasteiger partial charge >= 0.3 is 5.97 Å². The van der Waals surface area contributed by atoms with Gasteiger partial charge in [0.1, 0.15) is 5.82 Å². The van der Waals surface area contributed by atoms with Crippen LogP contribution in [0.15, 0.2) is 36.9 Å². The van der Waals surface area contributed by atoms with E-state index >= 15 is 0 Å². The maximum Gasteiger partial charge on any atom is 0.313 e. The predicted octanol–water partition coefficient (Wildman–Crippen LogP) is 2.65. The zero-order chi connectivity index (χ0) is 11.5. The largest absolute Gasteiger partial charge is 0.481 e. The molecule has 1 N–H and O–H groups in total. The highest BCUT2D eigenvalue weighted by Crippen LogP contribution is 2.25. The first-order valence-corrected chi connectivity index (χ1v) is 4.60. The van der Waals surface area contributed by atoms with E-state index in [-0.39, 0.29) is 12.2 Å². The van der Waals surface area contributed by atoms with Crippen LogP contribution in [0.4, 0.5) is 4.39 Å². The highest BCUT2D eigenvalue weighted by atomic mass is 19.1. The van der Waals surface area contributed by atoms with Crippen LogP contribution in [0.2, 0.25) is 0 Å². The number of carboxylic acid groups (broad SMARTS) is 1. The molecule has 80 valence electrons. The molecule has 0 bridgehead atoms. The van der Waals surface area contributed by atoms with E-state index < -0.39 is 11.4 Å². The predicted molar refractivity (Wildman–Crippen MR) is 56.0 cm³/mol. The third-order valence-electron chi connectivity index (χ3n) is 2.45. The number of rotatable bonds is 4. The average molecular weight is 208 g/mol. The highest BCUT2D eigenvalue weighted by molar-refractivity contribution is 5.76. The van der Waals surface area contributed by atoms with Crippen molar-refractivity contribution in [2.24, 2.45) is 5.41 Å². The van der Waals surface area contributed by atoms with Crippen molar-refractivity contribution in [1.82, 2.24) is 0 Å². The van der Waals surface area contributed by atoms with Crippen molar-refractivity contribution in [3.05, 3.63) is 48.3 Å². The van der Waals surface area contributed by atoms with Crippen molar-refractivity contribution in [3.63, 3.8) is 0 Å². The molecule has 0 saturated heterocycles. The van der Waals surface area contributed by atoms with Crippen molar-refractivity contribution in [2.45, 2.75) is 13.3 Å². The molecular weight excluding hydrogens is 195 g/mol. The average Bonchev–Trinajstić information content (AvgIpc) is 2.21. The van der Waals surface area contributed by atoms with Gasteiger partial charge in [-0.05, 0) is 25.0 Å². The first-order valence-electron chi connectivity index (χ1n) is 4.60. The Bertz CT molecular complexity index is 387. The smallest absolute Gasteiger partial charge is 0.313 e. The molecule has 0 spiro atoms. The Hall–Kier alpha value is -1.64. The van der Waals surface area contributed by atoms with Gasteiger partial charge in [0.25, 0.3) is 0 Å². The number of benzene rings is 1. The monoisotopic (exact) mass is 208 g/mol. The summed E-state index contributed by atoms with van der Waals surface area (Å²) < 4.78 is 13.3. The zero-order valence-corrected chi connectivity index (χ0v) is 8.53. The molecule has 0 radical (unpaired) electrons. The fourth-order valence-electron chi connectivity index (χ4n) is 1.27. The van der Waals surface area contributed by atoms with Gasteiger partial charge in [0.15, 0.2) is 0 Å². The summed E-state index contributed by atoms with van der Waals surface area (Å²) in [4.78, 5) is 11.0. The lowest BCUT2D eigenvalue weighted by Crippen LogP contribution is -2.27. The van der Waals surface area contributed by atoms with Crippen LogP contribution in [0.1, 0.15) is 12.5 Å². The number of carbonyl (C=O) groups is 1. The lowest BCUT2D eigenvalue weighted by molar-refractivity contribution is -0.145. The molecule has 1 atom stereocenters. The molecule has 0 aliphatic rings. The van der Waals surface area contributed by atoms with Crippen LogP contribution >= 0.6 is 0 Å². The van der Waals surface area contributed by atoms with Gasteiger partial charge in [-0.1, -0.05) is 24.3 Å². The Kier molecular flexibility index (Phi) is 3.24. The lowest BCUT2D eigenvalue weighted by Gasteiger charge is -2.20. The summed E-state index contributed by atoms with van der Waals surface area (Å²) in [5.41, 5.74) is -0.732. The first-order chi connectivity index (χ1) is 6.99. The molecule has 1 rings (SSSR count). The normalized spacial score (nSPS) is 14.3. The Labute approximate surface area is 88.1 Å². The van der Waals surface area contributed by atoms with Crippen molar-refractivity contribution in [2.75, 3.05) is 0 Å². The van der Waals surface area contributed by atoms with E-state index in [1.165, 1.54) is 19.1 Å². The highest BCUT2D eigenvalue weighted by Gasteiger charge is 2.30. The van der Waals surface area contributed by atoms with E-state index in [0.717, 1.165) is 0 Å². The molecule has 0 aliphatic heterocycles. The number of aliphatic carboxylic acids is 1. The van der Waals surface area contributed by atoms with E-state index in [1.54, 1.807) is 18.2 Å². The molecule has 1 aromatic carbocycles. The molecule has 1 aromatic rings. The molecule has 15 heavy (non-hydrogen) atoms. The molecule has 0 saturated carbocycles. The van der Waals surface area contributed by atoms with Gasteiger partial charge in [-0.15, -0.1) is 6.58 Å². The van der Waals surface area contributed by atoms with Crippen LogP contribution in [-0.4, -0.2) is 11.1 Å². The van der Waals surface area contributed by atoms with Crippen molar-refractivity contribution in [1.29, 1.82) is 0 Å². The third-order valence-corrected chi connectivity index (χ3v) is 2.45. The number of hydrogen-bond donors (Lipinski definition) is 1. The fraction of sp³-hybridized carbons (Fsp3) is 0.250. The summed E-state index contributed by atoms with van der Waals surface area (Å²) in [7, 11) is 0. The molecule has 0 aliphatic carbocycles. The van der Waals surface area contributed by atoms with Crippen LogP contribution in [0.25, 0.3) is 0 Å². The minimum atomic E-state index is -1.12. The minimum absolute atomic E-state index is 0.110. The van der Waals surface area contributed by atoms with E-state index in [9.17, 15) is 9.18 Å². The topological polar surface area (TPSA) is 37.3 Å². The van der Waals surface area contributed by atoms with E-state index in [2.05, 4.69) is 6.58 Å². The van der Waals surface area contributed by atoms with Gasteiger partial charge in [-0.3, -0.25) is 4.79 Å². The van der Waals surface area contributed by atoms with Crippen LogP contribution < -0.4 is 0 Å². The van der Waals surface area contributed by atoms with Gasteiger partial charge < -0.3 is 5.11 Å². The third kappa shape index (κ3) is 2.43. The zero-order valence-electron chi connectivity index (χ0n) is 8.53. The van der Waals surface area contributed by atoms with E-state index in [1.807, 2.05) is 0 Å². The van der Waals surface area contributed by atoms with Crippen molar-refractivity contribution >= 4 is 5.97 Å². The van der Waals surface area contributed by atoms with Crippen LogP contribution in [0, 0.1) is 11.2 Å². The Morgan fingerprint density at radius 1 is 1.60 bits per heavy atom. The van der Waals surface area contributed by atoms with Crippen LogP contribution in [0.3, 0.4) is 0 Å². The molecule has 2 nitrogen and oxygen atoms in total. The van der Waals surface area contributed by atoms with Crippen LogP contribution in [0.5, 0.6) is 0 Å². The van der Waals surface area contributed by atoms with Crippen molar-refractivity contribution in [3.8, 4) is 0 Å². The lowest BCUT2D eigenvalue weighted by atomic mass is 9.84. The second kappa shape index (κ2) is 4.26. The maximum atomic E-state index is 13.3. The van der Waals surface area contributed by atoms with Crippen LogP contribution in [-0.2, 0) is 11.2 Å².